The number of hydrogen-bond acceptors (Lipinski definition) is 5. The van der Waals surface area contributed by atoms with Gasteiger partial charge in [0.1, 0.15) is 0 Å². The summed E-state index contributed by atoms with van der Waals surface area (Å²) in [4.78, 5) is 13.5. The zero-order valence-electron chi connectivity index (χ0n) is 10.6. The maximum atomic E-state index is 11.2. The highest BCUT2D eigenvalue weighted by molar-refractivity contribution is 7.99. The predicted octanol–water partition coefficient (Wildman–Crippen LogP) is 0.931. The summed E-state index contributed by atoms with van der Waals surface area (Å²) in [5.74, 6) is 6.40. The Morgan fingerprint density at radius 3 is 2.71 bits per heavy atom. The SMILES string of the molecule is CC(CC(=O)N(N)O)SCC1CCN(C)CC1. The summed E-state index contributed by atoms with van der Waals surface area (Å²) < 4.78 is 0. The molecule has 0 aromatic heterocycles. The summed E-state index contributed by atoms with van der Waals surface area (Å²) in [5, 5.41) is 9.16. The van der Waals surface area contributed by atoms with Crippen molar-refractivity contribution in [2.45, 2.75) is 31.4 Å². The van der Waals surface area contributed by atoms with E-state index in [4.69, 9.17) is 11.0 Å². The van der Waals surface area contributed by atoms with Crippen LogP contribution < -0.4 is 5.84 Å². The standard InChI is InChI=1S/C11H23N3O2S/c1-9(7-11(15)14(12)16)17-8-10-3-5-13(2)6-4-10/h9-10,16H,3-8,12H2,1-2H3. The van der Waals surface area contributed by atoms with Crippen LogP contribution in [-0.4, -0.2) is 52.3 Å². The summed E-state index contributed by atoms with van der Waals surface area (Å²) in [5.41, 5.74) is 0. The zero-order valence-corrected chi connectivity index (χ0v) is 11.4. The third kappa shape index (κ3) is 5.72. The van der Waals surface area contributed by atoms with E-state index in [0.29, 0.717) is 6.42 Å². The number of carbonyl (C=O) groups excluding carboxylic acids is 1. The van der Waals surface area contributed by atoms with Gasteiger partial charge in [-0.05, 0) is 44.6 Å². The first kappa shape index (κ1) is 14.8. The highest BCUT2D eigenvalue weighted by atomic mass is 32.2. The molecule has 1 unspecified atom stereocenters. The van der Waals surface area contributed by atoms with Gasteiger partial charge in [-0.1, -0.05) is 6.92 Å². The molecule has 1 rings (SSSR count). The number of piperidine rings is 1. The van der Waals surface area contributed by atoms with Crippen LogP contribution in [0.3, 0.4) is 0 Å². The third-order valence-electron chi connectivity index (χ3n) is 3.17. The highest BCUT2D eigenvalue weighted by Gasteiger charge is 2.19. The van der Waals surface area contributed by atoms with Gasteiger partial charge < -0.3 is 4.90 Å². The molecule has 0 aromatic rings. The Kier molecular flexibility index (Phi) is 6.26. The molecule has 0 aliphatic carbocycles. The van der Waals surface area contributed by atoms with Crippen molar-refractivity contribution in [1.82, 2.24) is 10.1 Å². The number of hydrogen-bond donors (Lipinski definition) is 2. The van der Waals surface area contributed by atoms with Crippen molar-refractivity contribution in [2.24, 2.45) is 11.8 Å². The number of hydrazine groups is 1. The Bertz CT molecular complexity index is 243. The van der Waals surface area contributed by atoms with Gasteiger partial charge in [0.2, 0.25) is 0 Å². The number of hydroxylamine groups is 1. The van der Waals surface area contributed by atoms with Crippen molar-refractivity contribution in [3.63, 3.8) is 0 Å². The van der Waals surface area contributed by atoms with E-state index < -0.39 is 5.91 Å². The van der Waals surface area contributed by atoms with E-state index in [1.165, 1.54) is 25.9 Å². The third-order valence-corrected chi connectivity index (χ3v) is 4.57. The Hall–Kier alpha value is -0.300. The van der Waals surface area contributed by atoms with E-state index in [-0.39, 0.29) is 10.4 Å². The smallest absolute Gasteiger partial charge is 0.262 e. The van der Waals surface area contributed by atoms with Gasteiger partial charge in [0.15, 0.2) is 0 Å². The molecule has 0 spiro atoms. The van der Waals surface area contributed by atoms with Crippen molar-refractivity contribution < 1.29 is 10.0 Å². The van der Waals surface area contributed by atoms with Gasteiger partial charge >= 0.3 is 0 Å². The number of carbonyl (C=O) groups is 1. The molecule has 0 radical (unpaired) electrons. The molecule has 0 saturated carbocycles. The summed E-state index contributed by atoms with van der Waals surface area (Å²) in [7, 11) is 2.15. The minimum Gasteiger partial charge on any atom is -0.306 e. The van der Waals surface area contributed by atoms with Crippen molar-refractivity contribution in [3.8, 4) is 0 Å². The molecule has 17 heavy (non-hydrogen) atoms. The second-order valence-electron chi connectivity index (χ2n) is 4.83. The van der Waals surface area contributed by atoms with E-state index in [0.717, 1.165) is 11.7 Å². The molecule has 6 heteroatoms. The van der Waals surface area contributed by atoms with Crippen LogP contribution in [0.4, 0.5) is 0 Å². The van der Waals surface area contributed by atoms with Crippen LogP contribution in [-0.2, 0) is 4.79 Å². The molecule has 0 bridgehead atoms. The lowest BCUT2D eigenvalue weighted by Crippen LogP contribution is -2.35. The van der Waals surface area contributed by atoms with E-state index >= 15 is 0 Å². The highest BCUT2D eigenvalue weighted by Crippen LogP contribution is 2.24. The normalized spacial score (nSPS) is 20.2. The number of thioether (sulfide) groups is 1. The maximum Gasteiger partial charge on any atom is 0.262 e. The van der Waals surface area contributed by atoms with Crippen LogP contribution in [0.1, 0.15) is 26.2 Å². The van der Waals surface area contributed by atoms with E-state index in [2.05, 4.69) is 11.9 Å². The summed E-state index contributed by atoms with van der Waals surface area (Å²) in [6, 6.07) is 0. The van der Waals surface area contributed by atoms with Crippen LogP contribution >= 0.6 is 11.8 Å². The number of nitrogens with zero attached hydrogens (tertiary/aromatic N) is 2. The molecule has 1 amide bonds. The van der Waals surface area contributed by atoms with Gasteiger partial charge in [0.25, 0.3) is 5.91 Å². The first-order valence-corrected chi connectivity index (χ1v) is 7.10. The van der Waals surface area contributed by atoms with Crippen LogP contribution in [0.15, 0.2) is 0 Å². The average molecular weight is 261 g/mol. The van der Waals surface area contributed by atoms with Gasteiger partial charge in [-0.3, -0.25) is 10.0 Å². The van der Waals surface area contributed by atoms with Gasteiger partial charge in [-0.2, -0.15) is 16.9 Å². The lowest BCUT2D eigenvalue weighted by atomic mass is 10.00. The summed E-state index contributed by atoms with van der Waals surface area (Å²) in [6.45, 7) is 4.35. The summed E-state index contributed by atoms with van der Waals surface area (Å²) in [6.07, 6.45) is 2.78. The molecule has 3 N–H and O–H groups in total. The van der Waals surface area contributed by atoms with Crippen molar-refractivity contribution in [3.05, 3.63) is 0 Å². The average Bonchev–Trinajstić information content (AvgIpc) is 2.28. The molecule has 1 atom stereocenters. The maximum absolute atomic E-state index is 11.2. The van der Waals surface area contributed by atoms with Crippen molar-refractivity contribution in [2.75, 3.05) is 25.9 Å². The molecular weight excluding hydrogens is 238 g/mol. The van der Waals surface area contributed by atoms with Crippen molar-refractivity contribution >= 4 is 17.7 Å². The topological polar surface area (TPSA) is 69.8 Å². The summed E-state index contributed by atoms with van der Waals surface area (Å²) >= 11 is 1.80. The number of amides is 1. The molecule has 1 fully saturated rings. The molecule has 1 aliphatic rings. The fourth-order valence-electron chi connectivity index (χ4n) is 1.93. The largest absolute Gasteiger partial charge is 0.306 e. The van der Waals surface area contributed by atoms with Crippen LogP contribution in [0, 0.1) is 5.92 Å². The predicted molar refractivity (Wildman–Crippen MR) is 69.6 cm³/mol. The first-order valence-electron chi connectivity index (χ1n) is 6.05. The van der Waals surface area contributed by atoms with Crippen LogP contribution in [0.2, 0.25) is 0 Å². The fourth-order valence-corrected chi connectivity index (χ4v) is 3.12. The quantitative estimate of drug-likeness (QED) is 0.333. The van der Waals surface area contributed by atoms with Gasteiger partial charge in [0, 0.05) is 11.7 Å². The van der Waals surface area contributed by atoms with E-state index in [1.807, 2.05) is 6.92 Å². The van der Waals surface area contributed by atoms with Crippen LogP contribution in [0.25, 0.3) is 0 Å². The van der Waals surface area contributed by atoms with E-state index in [9.17, 15) is 4.79 Å². The minimum absolute atomic E-state index is 0.187. The Labute approximate surface area is 107 Å². The molecule has 1 heterocycles. The van der Waals surface area contributed by atoms with Gasteiger partial charge in [-0.25, -0.2) is 5.84 Å². The molecule has 5 nitrogen and oxygen atoms in total. The lowest BCUT2D eigenvalue weighted by molar-refractivity contribution is -0.166. The number of rotatable bonds is 5. The first-order chi connectivity index (χ1) is 7.99. The second kappa shape index (κ2) is 7.20. The fraction of sp³-hybridized carbons (Fsp3) is 0.909. The second-order valence-corrected chi connectivity index (χ2v) is 6.30. The lowest BCUT2D eigenvalue weighted by Gasteiger charge is -2.29. The molecule has 1 aliphatic heterocycles. The monoisotopic (exact) mass is 261 g/mol. The van der Waals surface area contributed by atoms with Gasteiger partial charge in [-0.15, -0.1) is 0 Å². The Morgan fingerprint density at radius 1 is 1.59 bits per heavy atom. The Morgan fingerprint density at radius 2 is 2.18 bits per heavy atom. The minimum atomic E-state index is -0.423. The molecule has 100 valence electrons. The van der Waals surface area contributed by atoms with E-state index in [1.54, 1.807) is 11.8 Å². The number of nitrogens with two attached hydrogens (primary N) is 1. The number of likely N-dealkylation sites (tertiary alicyclic amines) is 1. The molecule has 1 saturated heterocycles. The Balaban J connectivity index is 2.15. The molecule has 0 aromatic carbocycles. The van der Waals surface area contributed by atoms with Gasteiger partial charge in [0.05, 0.1) is 0 Å². The van der Waals surface area contributed by atoms with Crippen molar-refractivity contribution in [1.29, 1.82) is 0 Å². The molecular formula is C11H23N3O2S. The zero-order chi connectivity index (χ0) is 12.8. The van der Waals surface area contributed by atoms with Crippen LogP contribution in [0.5, 0.6) is 0 Å².